The SMILES string of the molecule is CCNC(=NCc1ccc(OC2CCCC2)c(OC)c1)NC1CCCC(S(=O)CC)C1. The molecule has 3 unspecified atom stereocenters. The Labute approximate surface area is 190 Å². The zero-order valence-electron chi connectivity index (χ0n) is 19.3. The summed E-state index contributed by atoms with van der Waals surface area (Å²) in [4.78, 5) is 4.80. The average molecular weight is 450 g/mol. The Balaban J connectivity index is 1.62. The molecule has 2 aliphatic rings. The highest BCUT2D eigenvalue weighted by Crippen LogP contribution is 2.32. The highest BCUT2D eigenvalue weighted by molar-refractivity contribution is 7.85. The van der Waals surface area contributed by atoms with Gasteiger partial charge in [-0.15, -0.1) is 0 Å². The topological polar surface area (TPSA) is 72.0 Å². The van der Waals surface area contributed by atoms with Gasteiger partial charge in [0.2, 0.25) is 0 Å². The third-order valence-electron chi connectivity index (χ3n) is 6.21. The van der Waals surface area contributed by atoms with Crippen molar-refractivity contribution in [3.05, 3.63) is 23.8 Å². The lowest BCUT2D eigenvalue weighted by Gasteiger charge is -2.30. The van der Waals surface area contributed by atoms with Gasteiger partial charge in [0.05, 0.1) is 19.8 Å². The maximum atomic E-state index is 12.2. The number of nitrogens with one attached hydrogen (secondary N) is 2. The van der Waals surface area contributed by atoms with Gasteiger partial charge < -0.3 is 20.1 Å². The van der Waals surface area contributed by atoms with Crippen molar-refractivity contribution in [3.8, 4) is 11.5 Å². The van der Waals surface area contributed by atoms with Gasteiger partial charge in [-0.3, -0.25) is 4.21 Å². The number of ether oxygens (including phenoxy) is 2. The number of nitrogens with zero attached hydrogens (tertiary/aromatic N) is 1. The van der Waals surface area contributed by atoms with Gasteiger partial charge in [0.15, 0.2) is 17.5 Å². The maximum Gasteiger partial charge on any atom is 0.191 e. The Morgan fingerprint density at radius 2 is 1.94 bits per heavy atom. The van der Waals surface area contributed by atoms with Crippen LogP contribution in [0.4, 0.5) is 0 Å². The van der Waals surface area contributed by atoms with Crippen LogP contribution in [0.3, 0.4) is 0 Å². The predicted molar refractivity (Wildman–Crippen MR) is 129 cm³/mol. The molecule has 7 heteroatoms. The molecular weight excluding hydrogens is 410 g/mol. The van der Waals surface area contributed by atoms with Crippen molar-refractivity contribution in [2.24, 2.45) is 4.99 Å². The van der Waals surface area contributed by atoms with E-state index in [2.05, 4.69) is 23.6 Å². The Morgan fingerprint density at radius 1 is 1.13 bits per heavy atom. The zero-order chi connectivity index (χ0) is 22.1. The molecule has 0 spiro atoms. The second kappa shape index (κ2) is 12.3. The van der Waals surface area contributed by atoms with E-state index in [0.717, 1.165) is 73.8 Å². The van der Waals surface area contributed by atoms with Crippen LogP contribution in [0.2, 0.25) is 0 Å². The fourth-order valence-corrected chi connectivity index (χ4v) is 5.88. The standard InChI is InChI=1S/C24H39N3O3S/c1-4-25-24(27-19-9-8-12-21(16-19)31(28)5-2)26-17-18-13-14-22(23(15-18)29-3)30-20-10-6-7-11-20/h13-15,19-21H,4-12,16-17H2,1-3H3,(H2,25,26,27). The fraction of sp³-hybridized carbons (Fsp3) is 0.708. The first-order valence-corrected chi connectivity index (χ1v) is 13.3. The van der Waals surface area contributed by atoms with Gasteiger partial charge in [-0.25, -0.2) is 4.99 Å². The first kappa shape index (κ1) is 23.9. The lowest BCUT2D eigenvalue weighted by atomic mass is 9.95. The number of methoxy groups -OCH3 is 1. The first-order valence-electron chi connectivity index (χ1n) is 11.9. The second-order valence-electron chi connectivity index (χ2n) is 8.50. The summed E-state index contributed by atoms with van der Waals surface area (Å²) >= 11 is 0. The van der Waals surface area contributed by atoms with Crippen LogP contribution in [0.1, 0.15) is 70.8 Å². The minimum atomic E-state index is -0.720. The summed E-state index contributed by atoms with van der Waals surface area (Å²) in [6, 6.07) is 6.43. The lowest BCUT2D eigenvalue weighted by Crippen LogP contribution is -2.46. The Hall–Kier alpha value is -1.76. The van der Waals surface area contributed by atoms with Gasteiger partial charge in [-0.1, -0.05) is 19.4 Å². The summed E-state index contributed by atoms with van der Waals surface area (Å²) < 4.78 is 24.0. The number of hydrogen-bond donors (Lipinski definition) is 2. The molecule has 1 aromatic carbocycles. The van der Waals surface area contributed by atoms with E-state index in [0.29, 0.717) is 23.9 Å². The van der Waals surface area contributed by atoms with Crippen LogP contribution >= 0.6 is 0 Å². The second-order valence-corrected chi connectivity index (χ2v) is 10.5. The van der Waals surface area contributed by atoms with Gasteiger partial charge >= 0.3 is 0 Å². The molecule has 3 rings (SSSR count). The Bertz CT molecular complexity index is 750. The lowest BCUT2D eigenvalue weighted by molar-refractivity contribution is 0.200. The number of aliphatic imine (C=N–C) groups is 1. The predicted octanol–water partition coefficient (Wildman–Crippen LogP) is 4.15. The van der Waals surface area contributed by atoms with Crippen molar-refractivity contribution in [3.63, 3.8) is 0 Å². The molecule has 6 nitrogen and oxygen atoms in total. The van der Waals surface area contributed by atoms with Gasteiger partial charge in [0.25, 0.3) is 0 Å². The average Bonchev–Trinajstić information content (AvgIpc) is 3.31. The number of guanidine groups is 1. The summed E-state index contributed by atoms with van der Waals surface area (Å²) in [5.41, 5.74) is 1.08. The summed E-state index contributed by atoms with van der Waals surface area (Å²) in [5.74, 6) is 3.16. The minimum absolute atomic E-state index is 0.302. The van der Waals surface area contributed by atoms with E-state index < -0.39 is 10.8 Å². The molecule has 0 amide bonds. The van der Waals surface area contributed by atoms with Crippen LogP contribution in [-0.2, 0) is 17.3 Å². The highest BCUT2D eigenvalue weighted by Gasteiger charge is 2.26. The molecule has 0 saturated heterocycles. The maximum absolute atomic E-state index is 12.2. The smallest absolute Gasteiger partial charge is 0.191 e. The molecular formula is C24H39N3O3S. The summed E-state index contributed by atoms with van der Waals surface area (Å²) in [7, 11) is 0.969. The van der Waals surface area contributed by atoms with Crippen LogP contribution in [0.5, 0.6) is 11.5 Å². The molecule has 174 valence electrons. The molecule has 2 saturated carbocycles. The summed E-state index contributed by atoms with van der Waals surface area (Å²) in [6.07, 6.45) is 9.29. The van der Waals surface area contributed by atoms with Gasteiger partial charge in [-0.2, -0.15) is 0 Å². The Kier molecular flexibility index (Phi) is 9.50. The van der Waals surface area contributed by atoms with Crippen molar-refractivity contribution in [2.45, 2.75) is 89.2 Å². The molecule has 0 aromatic heterocycles. The molecule has 3 atom stereocenters. The molecule has 2 aliphatic carbocycles. The van der Waals surface area contributed by atoms with Crippen LogP contribution in [-0.4, -0.2) is 47.0 Å². The minimum Gasteiger partial charge on any atom is -0.493 e. The molecule has 2 fully saturated rings. The van der Waals surface area contributed by atoms with E-state index in [-0.39, 0.29) is 0 Å². The van der Waals surface area contributed by atoms with Crippen molar-refractivity contribution in [1.82, 2.24) is 10.6 Å². The van der Waals surface area contributed by atoms with E-state index in [1.165, 1.54) is 12.8 Å². The molecule has 0 aliphatic heterocycles. The molecule has 31 heavy (non-hydrogen) atoms. The monoisotopic (exact) mass is 449 g/mol. The van der Waals surface area contributed by atoms with Gasteiger partial charge in [0.1, 0.15) is 0 Å². The normalized spacial score (nSPS) is 23.4. The van der Waals surface area contributed by atoms with E-state index in [1.807, 2.05) is 19.1 Å². The van der Waals surface area contributed by atoms with Gasteiger partial charge in [0, 0.05) is 34.4 Å². The van der Waals surface area contributed by atoms with Crippen molar-refractivity contribution in [2.75, 3.05) is 19.4 Å². The number of hydrogen-bond acceptors (Lipinski definition) is 4. The van der Waals surface area contributed by atoms with E-state index in [4.69, 9.17) is 14.5 Å². The summed E-state index contributed by atoms with van der Waals surface area (Å²) in [5, 5.41) is 7.23. The number of benzene rings is 1. The fourth-order valence-electron chi connectivity index (χ4n) is 4.53. The third-order valence-corrected chi connectivity index (χ3v) is 7.95. The zero-order valence-corrected chi connectivity index (χ0v) is 20.1. The third kappa shape index (κ3) is 7.13. The van der Waals surface area contributed by atoms with E-state index >= 15 is 0 Å². The van der Waals surface area contributed by atoms with Crippen LogP contribution in [0, 0.1) is 0 Å². The van der Waals surface area contributed by atoms with Crippen molar-refractivity contribution in [1.29, 1.82) is 0 Å². The van der Waals surface area contributed by atoms with E-state index in [9.17, 15) is 4.21 Å². The van der Waals surface area contributed by atoms with Crippen LogP contribution in [0.25, 0.3) is 0 Å². The van der Waals surface area contributed by atoms with Crippen molar-refractivity contribution >= 4 is 16.8 Å². The Morgan fingerprint density at radius 3 is 2.65 bits per heavy atom. The van der Waals surface area contributed by atoms with Crippen LogP contribution in [0.15, 0.2) is 23.2 Å². The summed E-state index contributed by atoms with van der Waals surface area (Å²) in [6.45, 7) is 5.45. The number of rotatable bonds is 9. The molecule has 0 bridgehead atoms. The van der Waals surface area contributed by atoms with Crippen molar-refractivity contribution < 1.29 is 13.7 Å². The van der Waals surface area contributed by atoms with E-state index in [1.54, 1.807) is 7.11 Å². The largest absolute Gasteiger partial charge is 0.493 e. The molecule has 1 aromatic rings. The van der Waals surface area contributed by atoms with Crippen LogP contribution < -0.4 is 20.1 Å². The first-order chi connectivity index (χ1) is 15.1. The molecule has 0 heterocycles. The van der Waals surface area contributed by atoms with Gasteiger partial charge in [-0.05, 0) is 69.6 Å². The molecule has 0 radical (unpaired) electrons. The highest BCUT2D eigenvalue weighted by atomic mass is 32.2. The quantitative estimate of drug-likeness (QED) is 0.438. The molecule has 2 N–H and O–H groups in total.